The van der Waals surface area contributed by atoms with Crippen LogP contribution in [0.3, 0.4) is 0 Å². The lowest BCUT2D eigenvalue weighted by molar-refractivity contribution is -0.160. The zero-order valence-corrected chi connectivity index (χ0v) is 24.7. The first-order chi connectivity index (χ1) is 19.3. The van der Waals surface area contributed by atoms with Gasteiger partial charge in [-0.2, -0.15) is 12.7 Å². The number of amides is 2. The van der Waals surface area contributed by atoms with E-state index in [-0.39, 0.29) is 38.1 Å². The van der Waals surface area contributed by atoms with E-state index in [4.69, 9.17) is 22.7 Å². The summed E-state index contributed by atoms with van der Waals surface area (Å²) in [6.07, 6.45) is 1.39. The minimum atomic E-state index is -4.50. The van der Waals surface area contributed by atoms with Crippen molar-refractivity contribution in [2.24, 2.45) is 5.41 Å². The highest BCUT2D eigenvalue weighted by atomic mass is 32.3. The summed E-state index contributed by atoms with van der Waals surface area (Å²) in [5.41, 5.74) is -1.20. The van der Waals surface area contributed by atoms with E-state index in [1.807, 2.05) is 4.90 Å². The van der Waals surface area contributed by atoms with E-state index in [0.29, 0.717) is 45.3 Å². The molecule has 0 radical (unpaired) electrons. The number of rotatable bonds is 11. The highest BCUT2D eigenvalue weighted by Gasteiger charge is 2.41. The number of fused-ring (bicyclic) bond motifs is 2. The van der Waals surface area contributed by atoms with E-state index in [1.54, 1.807) is 6.92 Å². The standard InChI is InChI=1S/C24H40N4O12S/c1-5-36-22(31)24(3,4)13-39-41(33,34)40-28-15-35-14-27-12-19(28)6-7-20(27)21(30)25-18-8-10-26(11-9-18)23(32)38-16-37-17(2)29/h18-20H,5-16H2,1-4H3,(H,25,30)/t19-,20+/m1/s1. The number of esters is 2. The molecule has 1 N–H and O–H groups in total. The molecule has 0 aromatic heterocycles. The molecule has 2 amide bonds. The number of nitrogens with one attached hydrogen (secondary N) is 1. The summed E-state index contributed by atoms with van der Waals surface area (Å²) >= 11 is 0. The summed E-state index contributed by atoms with van der Waals surface area (Å²) in [6.45, 7) is 6.15. The summed E-state index contributed by atoms with van der Waals surface area (Å²) in [5.74, 6) is -1.31. The predicted molar refractivity (Wildman–Crippen MR) is 138 cm³/mol. The van der Waals surface area contributed by atoms with Crippen LogP contribution < -0.4 is 5.32 Å². The van der Waals surface area contributed by atoms with Gasteiger partial charge in [0.1, 0.15) is 13.5 Å². The minimum Gasteiger partial charge on any atom is -0.466 e. The van der Waals surface area contributed by atoms with Crippen LogP contribution in [0.2, 0.25) is 0 Å². The van der Waals surface area contributed by atoms with E-state index in [2.05, 4.69) is 10.1 Å². The van der Waals surface area contributed by atoms with E-state index >= 15 is 0 Å². The van der Waals surface area contributed by atoms with Crippen molar-refractivity contribution in [1.29, 1.82) is 0 Å². The largest absolute Gasteiger partial charge is 0.466 e. The molecule has 0 aromatic rings. The SMILES string of the molecule is CCOC(=O)C(C)(C)COS(=O)(=O)ON1COCN2C[C@H]1CC[C@H]2C(=O)NC1CCN(C(=O)OCOC(C)=O)CC1. The van der Waals surface area contributed by atoms with E-state index in [0.717, 1.165) is 0 Å². The summed E-state index contributed by atoms with van der Waals surface area (Å²) in [7, 11) is -4.50. The summed E-state index contributed by atoms with van der Waals surface area (Å²) < 4.78 is 55.2. The quantitative estimate of drug-likeness (QED) is 0.246. The Hall–Kier alpha value is -2.57. The van der Waals surface area contributed by atoms with Crippen molar-refractivity contribution in [1.82, 2.24) is 20.2 Å². The van der Waals surface area contributed by atoms with Crippen LogP contribution in [0.4, 0.5) is 4.79 Å². The normalized spacial score (nSPS) is 24.2. The van der Waals surface area contributed by atoms with E-state index in [9.17, 15) is 27.6 Å². The van der Waals surface area contributed by atoms with Gasteiger partial charge < -0.3 is 29.2 Å². The molecule has 16 nitrogen and oxygen atoms in total. The third-order valence-corrected chi connectivity index (χ3v) is 7.75. The van der Waals surface area contributed by atoms with Gasteiger partial charge in [0, 0.05) is 32.6 Å². The number of hydrogen-bond acceptors (Lipinski definition) is 14. The number of carbonyl (C=O) groups excluding carboxylic acids is 4. The van der Waals surface area contributed by atoms with Crippen molar-refractivity contribution in [3.63, 3.8) is 0 Å². The molecule has 0 spiro atoms. The van der Waals surface area contributed by atoms with E-state index in [1.165, 1.54) is 30.7 Å². The summed E-state index contributed by atoms with van der Waals surface area (Å²) in [5, 5.41) is 4.22. The van der Waals surface area contributed by atoms with Crippen molar-refractivity contribution in [2.75, 3.05) is 53.1 Å². The maximum absolute atomic E-state index is 13.1. The van der Waals surface area contributed by atoms with Crippen LogP contribution in [0, 0.1) is 5.41 Å². The molecule has 41 heavy (non-hydrogen) atoms. The highest BCUT2D eigenvalue weighted by molar-refractivity contribution is 7.81. The molecule has 2 bridgehead atoms. The van der Waals surface area contributed by atoms with Crippen LogP contribution in [0.15, 0.2) is 0 Å². The monoisotopic (exact) mass is 608 g/mol. The molecule has 3 fully saturated rings. The van der Waals surface area contributed by atoms with Crippen molar-refractivity contribution in [3.05, 3.63) is 0 Å². The van der Waals surface area contributed by atoms with Gasteiger partial charge in [-0.1, -0.05) is 0 Å². The number of ether oxygens (including phenoxy) is 4. The number of hydroxylamine groups is 2. The molecule has 3 aliphatic heterocycles. The molecule has 17 heteroatoms. The Balaban J connectivity index is 1.45. The van der Waals surface area contributed by atoms with Crippen LogP contribution in [-0.2, 0) is 52.2 Å². The maximum atomic E-state index is 13.1. The van der Waals surface area contributed by atoms with Gasteiger partial charge in [0.25, 0.3) is 0 Å². The Labute approximate surface area is 239 Å². The predicted octanol–water partition coefficient (Wildman–Crippen LogP) is 0.0867. The van der Waals surface area contributed by atoms with Gasteiger partial charge in [0.15, 0.2) is 0 Å². The lowest BCUT2D eigenvalue weighted by atomic mass is 9.95. The third-order valence-electron chi connectivity index (χ3n) is 6.97. The van der Waals surface area contributed by atoms with Gasteiger partial charge in [-0.3, -0.25) is 19.3 Å². The van der Waals surface area contributed by atoms with Crippen LogP contribution in [0.25, 0.3) is 0 Å². The molecule has 0 aromatic carbocycles. The molecule has 0 aliphatic carbocycles. The number of piperidine rings is 2. The van der Waals surface area contributed by atoms with Crippen LogP contribution in [0.1, 0.15) is 53.4 Å². The molecular weight excluding hydrogens is 568 g/mol. The minimum absolute atomic E-state index is 0.0951. The van der Waals surface area contributed by atoms with Crippen molar-refractivity contribution < 1.29 is 55.0 Å². The second-order valence-electron chi connectivity index (χ2n) is 10.7. The Kier molecular flexibility index (Phi) is 11.7. The van der Waals surface area contributed by atoms with Gasteiger partial charge in [0.05, 0.1) is 30.7 Å². The summed E-state index contributed by atoms with van der Waals surface area (Å²) in [6, 6.07) is -0.984. The number of hydrogen-bond donors (Lipinski definition) is 1. The fourth-order valence-corrected chi connectivity index (χ4v) is 5.52. The van der Waals surface area contributed by atoms with Gasteiger partial charge in [-0.25, -0.2) is 8.98 Å². The molecule has 1 unspecified atom stereocenters. The van der Waals surface area contributed by atoms with Gasteiger partial charge in [0.2, 0.25) is 12.7 Å². The molecular formula is C24H40N4O12S. The molecule has 3 atom stereocenters. The van der Waals surface area contributed by atoms with Crippen molar-refractivity contribution in [2.45, 2.75) is 71.5 Å². The van der Waals surface area contributed by atoms with Crippen molar-refractivity contribution in [3.8, 4) is 0 Å². The van der Waals surface area contributed by atoms with Gasteiger partial charge in [-0.15, -0.1) is 5.06 Å². The Morgan fingerprint density at radius 2 is 1.71 bits per heavy atom. The number of nitrogens with zero attached hydrogens (tertiary/aromatic N) is 3. The number of carbonyl (C=O) groups is 4. The first-order valence-electron chi connectivity index (χ1n) is 13.5. The Morgan fingerprint density at radius 1 is 1.00 bits per heavy atom. The van der Waals surface area contributed by atoms with Gasteiger partial charge >= 0.3 is 28.4 Å². The van der Waals surface area contributed by atoms with Crippen molar-refractivity contribution >= 4 is 34.3 Å². The molecule has 234 valence electrons. The average molecular weight is 609 g/mol. The first-order valence-corrected chi connectivity index (χ1v) is 14.8. The topological polar surface area (TPSA) is 180 Å². The lowest BCUT2D eigenvalue weighted by Crippen LogP contribution is -2.57. The first kappa shape index (κ1) is 32.9. The zero-order chi connectivity index (χ0) is 30.2. The molecule has 3 saturated heterocycles. The highest BCUT2D eigenvalue weighted by Crippen LogP contribution is 2.27. The number of likely N-dealkylation sites (tertiary alicyclic amines) is 1. The van der Waals surface area contributed by atoms with Gasteiger partial charge in [-0.05, 0) is 46.5 Å². The van der Waals surface area contributed by atoms with Crippen LogP contribution >= 0.6 is 0 Å². The zero-order valence-electron chi connectivity index (χ0n) is 23.9. The van der Waals surface area contributed by atoms with E-state index < -0.39 is 53.3 Å². The lowest BCUT2D eigenvalue weighted by Gasteiger charge is -2.39. The van der Waals surface area contributed by atoms with Crippen LogP contribution in [0.5, 0.6) is 0 Å². The maximum Gasteiger partial charge on any atom is 0.416 e. The second-order valence-corrected chi connectivity index (χ2v) is 11.9. The Bertz CT molecular complexity index is 1050. The molecule has 3 heterocycles. The molecule has 3 aliphatic rings. The molecule has 3 rings (SSSR count). The summed E-state index contributed by atoms with van der Waals surface area (Å²) in [4.78, 5) is 51.3. The average Bonchev–Trinajstić information content (AvgIpc) is 3.06. The fourth-order valence-electron chi connectivity index (χ4n) is 4.63. The van der Waals surface area contributed by atoms with Crippen LogP contribution in [-0.4, -0.2) is 118 Å². The second kappa shape index (κ2) is 14.6. The Morgan fingerprint density at radius 3 is 2.37 bits per heavy atom. The smallest absolute Gasteiger partial charge is 0.416 e. The fraction of sp³-hybridized carbons (Fsp3) is 0.833. The third kappa shape index (κ3) is 9.75. The molecule has 0 saturated carbocycles.